The largest absolute Gasteiger partial charge is 0.441 e. The average molecular weight is 329 g/mol. The lowest BCUT2D eigenvalue weighted by atomic mass is 9.92. The Labute approximate surface area is 143 Å². The van der Waals surface area contributed by atoms with E-state index in [4.69, 9.17) is 4.42 Å². The zero-order valence-electron chi connectivity index (χ0n) is 14.8. The minimum Gasteiger partial charge on any atom is -0.441 e. The quantitative estimate of drug-likeness (QED) is 0.877. The van der Waals surface area contributed by atoms with E-state index in [2.05, 4.69) is 36.4 Å². The van der Waals surface area contributed by atoms with Crippen LogP contribution in [0.25, 0.3) is 11.1 Å². The van der Waals surface area contributed by atoms with Gasteiger partial charge in [-0.2, -0.15) is 0 Å². The standard InChI is InChI=1S/C19H27N3O2/c1-19(2,3)11-18-22-15-10-14(5-6-16(15)24-18)21-17(23)7-4-13-8-9-20-12-13/h5-6,10,13,20H,4,7-9,11-12H2,1-3H3,(H,21,23). The fraction of sp³-hybridized carbons (Fsp3) is 0.579. The third-order valence-corrected chi connectivity index (χ3v) is 4.34. The fourth-order valence-electron chi connectivity index (χ4n) is 3.10. The molecule has 1 aromatic carbocycles. The van der Waals surface area contributed by atoms with Crippen LogP contribution in [-0.2, 0) is 11.2 Å². The lowest BCUT2D eigenvalue weighted by Gasteiger charge is -2.14. The highest BCUT2D eigenvalue weighted by Crippen LogP contribution is 2.25. The van der Waals surface area contributed by atoms with Crippen molar-refractivity contribution in [2.24, 2.45) is 11.3 Å². The van der Waals surface area contributed by atoms with Gasteiger partial charge in [0.15, 0.2) is 11.5 Å². The molecule has 2 N–H and O–H groups in total. The van der Waals surface area contributed by atoms with E-state index in [0.717, 1.165) is 48.6 Å². The number of anilines is 1. The van der Waals surface area contributed by atoms with Crippen LogP contribution in [0.5, 0.6) is 0 Å². The SMILES string of the molecule is CC(C)(C)Cc1nc2cc(NC(=O)CCC3CCNC3)ccc2o1. The lowest BCUT2D eigenvalue weighted by molar-refractivity contribution is -0.116. The van der Waals surface area contributed by atoms with Crippen molar-refractivity contribution in [3.8, 4) is 0 Å². The molecule has 1 atom stereocenters. The summed E-state index contributed by atoms with van der Waals surface area (Å²) in [6.07, 6.45) is 3.48. The maximum absolute atomic E-state index is 12.1. The molecule has 0 spiro atoms. The molecular formula is C19H27N3O2. The van der Waals surface area contributed by atoms with Crippen LogP contribution in [0.4, 0.5) is 5.69 Å². The number of carbonyl (C=O) groups is 1. The van der Waals surface area contributed by atoms with E-state index < -0.39 is 0 Å². The number of fused-ring (bicyclic) bond motifs is 1. The smallest absolute Gasteiger partial charge is 0.224 e. The summed E-state index contributed by atoms with van der Waals surface area (Å²) in [5.41, 5.74) is 2.48. The van der Waals surface area contributed by atoms with Gasteiger partial charge in [0.25, 0.3) is 0 Å². The molecule has 1 aliphatic heterocycles. The van der Waals surface area contributed by atoms with Crippen molar-refractivity contribution in [3.05, 3.63) is 24.1 Å². The van der Waals surface area contributed by atoms with Crippen LogP contribution in [0.1, 0.15) is 45.9 Å². The van der Waals surface area contributed by atoms with Crippen LogP contribution in [0, 0.1) is 11.3 Å². The van der Waals surface area contributed by atoms with Crippen LogP contribution in [0.3, 0.4) is 0 Å². The number of amides is 1. The average Bonchev–Trinajstić information content (AvgIpc) is 3.11. The van der Waals surface area contributed by atoms with Gasteiger partial charge in [0, 0.05) is 18.5 Å². The second-order valence-corrected chi connectivity index (χ2v) is 7.97. The Morgan fingerprint density at radius 2 is 2.25 bits per heavy atom. The third-order valence-electron chi connectivity index (χ3n) is 4.34. The van der Waals surface area contributed by atoms with E-state index in [-0.39, 0.29) is 11.3 Å². The predicted molar refractivity (Wildman–Crippen MR) is 96.0 cm³/mol. The highest BCUT2D eigenvalue weighted by atomic mass is 16.3. The molecule has 3 rings (SSSR count). The number of nitrogens with one attached hydrogen (secondary N) is 2. The molecule has 1 aliphatic rings. The Morgan fingerprint density at radius 1 is 1.42 bits per heavy atom. The van der Waals surface area contributed by atoms with Crippen LogP contribution < -0.4 is 10.6 Å². The molecule has 1 aromatic heterocycles. The third kappa shape index (κ3) is 4.57. The first-order chi connectivity index (χ1) is 11.4. The maximum atomic E-state index is 12.1. The van der Waals surface area contributed by atoms with Crippen molar-refractivity contribution in [3.63, 3.8) is 0 Å². The minimum atomic E-state index is 0.0691. The van der Waals surface area contributed by atoms with E-state index in [9.17, 15) is 4.79 Å². The first-order valence-electron chi connectivity index (χ1n) is 8.79. The number of hydrogen-bond donors (Lipinski definition) is 2. The van der Waals surface area contributed by atoms with Gasteiger partial charge in [-0.25, -0.2) is 4.98 Å². The molecule has 1 saturated heterocycles. The summed E-state index contributed by atoms with van der Waals surface area (Å²) in [5, 5.41) is 6.31. The van der Waals surface area contributed by atoms with Crippen molar-refractivity contribution >= 4 is 22.7 Å². The van der Waals surface area contributed by atoms with E-state index in [1.807, 2.05) is 18.2 Å². The highest BCUT2D eigenvalue weighted by molar-refractivity contribution is 5.92. The lowest BCUT2D eigenvalue weighted by Crippen LogP contribution is -2.14. The van der Waals surface area contributed by atoms with E-state index in [1.54, 1.807) is 0 Å². The zero-order chi connectivity index (χ0) is 17.2. The first kappa shape index (κ1) is 17.0. The molecule has 5 heteroatoms. The molecule has 1 unspecified atom stereocenters. The van der Waals surface area contributed by atoms with Gasteiger partial charge in [0.1, 0.15) is 5.52 Å². The Morgan fingerprint density at radius 3 is 2.96 bits per heavy atom. The molecule has 0 aliphatic carbocycles. The second kappa shape index (κ2) is 6.93. The van der Waals surface area contributed by atoms with Gasteiger partial charge in [0.05, 0.1) is 0 Å². The van der Waals surface area contributed by atoms with Gasteiger partial charge in [-0.1, -0.05) is 20.8 Å². The molecule has 24 heavy (non-hydrogen) atoms. The van der Waals surface area contributed by atoms with Crippen LogP contribution in [0.2, 0.25) is 0 Å². The first-order valence-corrected chi connectivity index (χ1v) is 8.79. The fourth-order valence-corrected chi connectivity index (χ4v) is 3.10. The molecule has 0 radical (unpaired) electrons. The number of carbonyl (C=O) groups excluding carboxylic acids is 1. The topological polar surface area (TPSA) is 67.2 Å². The number of rotatable bonds is 5. The normalized spacial score (nSPS) is 18.2. The summed E-state index contributed by atoms with van der Waals surface area (Å²) in [6, 6.07) is 5.65. The van der Waals surface area contributed by atoms with Gasteiger partial charge in [0.2, 0.25) is 5.91 Å². The molecule has 2 aromatic rings. The van der Waals surface area contributed by atoms with Gasteiger partial charge in [-0.3, -0.25) is 4.79 Å². The molecular weight excluding hydrogens is 302 g/mol. The van der Waals surface area contributed by atoms with Gasteiger partial charge in [-0.05, 0) is 55.5 Å². The Hall–Kier alpha value is -1.88. The number of hydrogen-bond acceptors (Lipinski definition) is 4. The second-order valence-electron chi connectivity index (χ2n) is 7.97. The molecule has 0 bridgehead atoms. The van der Waals surface area contributed by atoms with E-state index >= 15 is 0 Å². The predicted octanol–water partition coefficient (Wildman–Crippen LogP) is 3.74. The molecule has 1 amide bonds. The van der Waals surface area contributed by atoms with Gasteiger partial charge in [-0.15, -0.1) is 0 Å². The van der Waals surface area contributed by atoms with Crippen LogP contribution in [-0.4, -0.2) is 24.0 Å². The molecule has 5 nitrogen and oxygen atoms in total. The van der Waals surface area contributed by atoms with Crippen molar-refractivity contribution in [1.29, 1.82) is 0 Å². The van der Waals surface area contributed by atoms with Crippen molar-refractivity contribution < 1.29 is 9.21 Å². The van der Waals surface area contributed by atoms with Crippen LogP contribution in [0.15, 0.2) is 22.6 Å². The monoisotopic (exact) mass is 329 g/mol. The Balaban J connectivity index is 1.61. The summed E-state index contributed by atoms with van der Waals surface area (Å²) in [5.74, 6) is 1.45. The van der Waals surface area contributed by atoms with E-state index in [1.165, 1.54) is 6.42 Å². The summed E-state index contributed by atoms with van der Waals surface area (Å²) < 4.78 is 5.79. The summed E-state index contributed by atoms with van der Waals surface area (Å²) in [4.78, 5) is 16.7. The molecule has 1 fully saturated rings. The van der Waals surface area contributed by atoms with Crippen molar-refractivity contribution in [2.75, 3.05) is 18.4 Å². The van der Waals surface area contributed by atoms with Crippen molar-refractivity contribution in [1.82, 2.24) is 10.3 Å². The zero-order valence-corrected chi connectivity index (χ0v) is 14.8. The Bertz CT molecular complexity index is 709. The maximum Gasteiger partial charge on any atom is 0.224 e. The van der Waals surface area contributed by atoms with Gasteiger partial charge < -0.3 is 15.1 Å². The van der Waals surface area contributed by atoms with E-state index in [0.29, 0.717) is 12.3 Å². The van der Waals surface area contributed by atoms with Gasteiger partial charge >= 0.3 is 0 Å². The number of oxazole rings is 1. The van der Waals surface area contributed by atoms with Crippen LogP contribution >= 0.6 is 0 Å². The summed E-state index contributed by atoms with van der Waals surface area (Å²) >= 11 is 0. The van der Waals surface area contributed by atoms with Crippen molar-refractivity contribution in [2.45, 2.75) is 46.5 Å². The molecule has 0 saturated carbocycles. The molecule has 2 heterocycles. The Kier molecular flexibility index (Phi) is 4.90. The number of aromatic nitrogens is 1. The summed E-state index contributed by atoms with van der Waals surface area (Å²) in [7, 11) is 0. The number of benzene rings is 1. The molecule has 130 valence electrons. The summed E-state index contributed by atoms with van der Waals surface area (Å²) in [6.45, 7) is 8.59. The highest BCUT2D eigenvalue weighted by Gasteiger charge is 2.17. The number of nitrogens with zero attached hydrogens (tertiary/aromatic N) is 1. The minimum absolute atomic E-state index is 0.0691.